The van der Waals surface area contributed by atoms with Gasteiger partial charge in [0.15, 0.2) is 0 Å². The molecular formula is C13H19FN2O4S. The molecule has 118 valence electrons. The van der Waals surface area contributed by atoms with Crippen molar-refractivity contribution in [3.63, 3.8) is 0 Å². The Hall–Kier alpha value is -1.67. The van der Waals surface area contributed by atoms with Gasteiger partial charge in [-0.25, -0.2) is 22.7 Å². The van der Waals surface area contributed by atoms with E-state index < -0.39 is 27.3 Å². The lowest BCUT2D eigenvalue weighted by atomic mass is 9.95. The molecule has 0 radical (unpaired) electrons. The average Bonchev–Trinajstić information content (AvgIpc) is 2.39. The molecule has 3 N–H and O–H groups in total. The summed E-state index contributed by atoms with van der Waals surface area (Å²) in [6.07, 6.45) is 1.10. The number of anilines is 1. The summed E-state index contributed by atoms with van der Waals surface area (Å²) in [6, 6.07) is 3.21. The number of carbonyl (C=O) groups is 1. The van der Waals surface area contributed by atoms with Crippen molar-refractivity contribution in [2.45, 2.75) is 37.1 Å². The monoisotopic (exact) mass is 318 g/mol. The van der Waals surface area contributed by atoms with Crippen molar-refractivity contribution >= 4 is 21.7 Å². The van der Waals surface area contributed by atoms with E-state index in [9.17, 15) is 17.6 Å². The summed E-state index contributed by atoms with van der Waals surface area (Å²) in [7, 11) is -2.73. The number of hydrogen-bond acceptors (Lipinski definition) is 5. The highest BCUT2D eigenvalue weighted by atomic mass is 32.2. The zero-order valence-electron chi connectivity index (χ0n) is 12.1. The third kappa shape index (κ3) is 4.15. The topological polar surface area (TPSA) is 98.5 Å². The number of sulfonamides is 1. The smallest absolute Gasteiger partial charge is 0.331 e. The summed E-state index contributed by atoms with van der Waals surface area (Å²) >= 11 is 0. The number of halogens is 1. The van der Waals surface area contributed by atoms with Crippen LogP contribution in [0.15, 0.2) is 23.1 Å². The molecule has 0 fully saturated rings. The summed E-state index contributed by atoms with van der Waals surface area (Å²) in [5, 5.41) is 7.70. The van der Waals surface area contributed by atoms with E-state index in [-0.39, 0.29) is 10.6 Å². The van der Waals surface area contributed by atoms with Crippen LogP contribution >= 0.6 is 0 Å². The maximum Gasteiger partial charge on any atom is 0.331 e. The molecular weight excluding hydrogens is 299 g/mol. The van der Waals surface area contributed by atoms with Gasteiger partial charge in [-0.3, -0.25) is 0 Å². The van der Waals surface area contributed by atoms with E-state index in [1.807, 2.05) is 6.92 Å². The summed E-state index contributed by atoms with van der Waals surface area (Å²) < 4.78 is 41.0. The first-order chi connectivity index (χ1) is 9.64. The van der Waals surface area contributed by atoms with Crippen LogP contribution in [-0.2, 0) is 19.6 Å². The Bertz CT molecular complexity index is 633. The van der Waals surface area contributed by atoms with Gasteiger partial charge in [-0.05, 0) is 31.5 Å². The number of hydrogen-bond donors (Lipinski definition) is 2. The van der Waals surface area contributed by atoms with Crippen molar-refractivity contribution in [3.8, 4) is 0 Å². The van der Waals surface area contributed by atoms with Gasteiger partial charge in [0.05, 0.1) is 17.7 Å². The predicted molar refractivity (Wildman–Crippen MR) is 76.7 cm³/mol. The number of nitrogens with two attached hydrogens (primary N) is 1. The van der Waals surface area contributed by atoms with Crippen molar-refractivity contribution in [2.24, 2.45) is 5.14 Å². The van der Waals surface area contributed by atoms with Crippen LogP contribution < -0.4 is 10.5 Å². The minimum Gasteiger partial charge on any atom is -0.467 e. The van der Waals surface area contributed by atoms with Crippen molar-refractivity contribution in [1.82, 2.24) is 0 Å². The van der Waals surface area contributed by atoms with E-state index in [4.69, 9.17) is 9.88 Å². The van der Waals surface area contributed by atoms with E-state index in [1.54, 1.807) is 6.92 Å². The Morgan fingerprint density at radius 2 is 2.10 bits per heavy atom. The van der Waals surface area contributed by atoms with Crippen molar-refractivity contribution < 1.29 is 22.3 Å². The van der Waals surface area contributed by atoms with Gasteiger partial charge >= 0.3 is 5.97 Å². The summed E-state index contributed by atoms with van der Waals surface area (Å²) in [4.78, 5) is 11.5. The number of methoxy groups -OCH3 is 1. The second-order valence-corrected chi connectivity index (χ2v) is 6.45. The van der Waals surface area contributed by atoms with E-state index >= 15 is 0 Å². The third-order valence-electron chi connectivity index (χ3n) is 3.07. The van der Waals surface area contributed by atoms with Gasteiger partial charge in [-0.15, -0.1) is 0 Å². The van der Waals surface area contributed by atoms with Crippen LogP contribution in [0.4, 0.5) is 10.1 Å². The Morgan fingerprint density at radius 1 is 1.48 bits per heavy atom. The number of primary sulfonamides is 1. The van der Waals surface area contributed by atoms with E-state index in [2.05, 4.69) is 5.32 Å². The van der Waals surface area contributed by atoms with Crippen molar-refractivity contribution in [1.29, 1.82) is 0 Å². The predicted octanol–water partition coefficient (Wildman–Crippen LogP) is 1.62. The fourth-order valence-corrected chi connectivity index (χ4v) is 2.54. The van der Waals surface area contributed by atoms with Crippen LogP contribution in [0.25, 0.3) is 0 Å². The van der Waals surface area contributed by atoms with Gasteiger partial charge in [-0.2, -0.15) is 0 Å². The van der Waals surface area contributed by atoms with E-state index in [0.717, 1.165) is 6.07 Å². The molecule has 8 heteroatoms. The number of benzene rings is 1. The molecule has 1 rings (SSSR count). The molecule has 0 amide bonds. The average molecular weight is 318 g/mol. The standard InChI is InChI=1S/C13H19FN2O4S/c1-4-7-13(2,12(17)20-3)16-11-6-5-9(8-10(11)14)21(15,18)19/h5-6,8,16H,4,7H2,1-3H3,(H2,15,18,19). The molecule has 21 heavy (non-hydrogen) atoms. The molecule has 0 aliphatic carbocycles. The minimum atomic E-state index is -3.98. The van der Waals surface area contributed by atoms with E-state index in [1.165, 1.54) is 19.2 Å². The molecule has 0 saturated carbocycles. The molecule has 0 aliphatic heterocycles. The van der Waals surface area contributed by atoms with Crippen LogP contribution in [0.3, 0.4) is 0 Å². The highest BCUT2D eigenvalue weighted by Gasteiger charge is 2.34. The zero-order valence-corrected chi connectivity index (χ0v) is 13.0. The molecule has 0 aromatic heterocycles. The Morgan fingerprint density at radius 3 is 2.52 bits per heavy atom. The van der Waals surface area contributed by atoms with Crippen LogP contribution in [0.1, 0.15) is 26.7 Å². The SMILES string of the molecule is CCCC(C)(Nc1ccc(S(N)(=O)=O)cc1F)C(=O)OC. The molecule has 6 nitrogen and oxygen atoms in total. The number of ether oxygens (including phenoxy) is 1. The van der Waals surface area contributed by atoms with Gasteiger partial charge in [0, 0.05) is 0 Å². The third-order valence-corrected chi connectivity index (χ3v) is 3.98. The quantitative estimate of drug-likeness (QED) is 0.777. The van der Waals surface area contributed by atoms with Crippen LogP contribution in [0, 0.1) is 5.82 Å². The molecule has 0 saturated heterocycles. The molecule has 1 aromatic rings. The van der Waals surface area contributed by atoms with Crippen LogP contribution in [0.2, 0.25) is 0 Å². The first-order valence-electron chi connectivity index (χ1n) is 6.33. The Labute approximate surface area is 123 Å². The molecule has 0 bridgehead atoms. The van der Waals surface area contributed by atoms with Gasteiger partial charge in [-0.1, -0.05) is 13.3 Å². The molecule has 1 atom stereocenters. The molecule has 0 heterocycles. The number of rotatable bonds is 6. The lowest BCUT2D eigenvalue weighted by molar-refractivity contribution is -0.145. The summed E-state index contributed by atoms with van der Waals surface area (Å²) in [6.45, 7) is 3.47. The highest BCUT2D eigenvalue weighted by molar-refractivity contribution is 7.89. The fraction of sp³-hybridized carbons (Fsp3) is 0.462. The van der Waals surface area contributed by atoms with Crippen LogP contribution in [-0.4, -0.2) is 27.0 Å². The fourth-order valence-electron chi connectivity index (χ4n) is 2.01. The summed E-state index contributed by atoms with van der Waals surface area (Å²) in [5.74, 6) is -1.34. The van der Waals surface area contributed by atoms with Crippen molar-refractivity contribution in [3.05, 3.63) is 24.0 Å². The van der Waals surface area contributed by atoms with Gasteiger partial charge in [0.2, 0.25) is 10.0 Å². The second kappa shape index (κ2) is 6.40. The summed E-state index contributed by atoms with van der Waals surface area (Å²) in [5.41, 5.74) is -1.10. The normalized spacial score (nSPS) is 14.3. The number of esters is 1. The van der Waals surface area contributed by atoms with E-state index in [0.29, 0.717) is 12.8 Å². The number of nitrogens with one attached hydrogen (secondary N) is 1. The first-order valence-corrected chi connectivity index (χ1v) is 7.87. The molecule has 0 aliphatic rings. The molecule has 1 unspecified atom stereocenters. The maximum absolute atomic E-state index is 14.0. The van der Waals surface area contributed by atoms with Gasteiger partial charge < -0.3 is 10.1 Å². The molecule has 0 spiro atoms. The second-order valence-electron chi connectivity index (χ2n) is 4.89. The largest absolute Gasteiger partial charge is 0.467 e. The minimum absolute atomic E-state index is 0.00347. The maximum atomic E-state index is 14.0. The zero-order chi connectivity index (χ0) is 16.3. The number of carbonyl (C=O) groups excluding carboxylic acids is 1. The lowest BCUT2D eigenvalue weighted by Crippen LogP contribution is -2.44. The first kappa shape index (κ1) is 17.4. The van der Waals surface area contributed by atoms with Crippen molar-refractivity contribution in [2.75, 3.05) is 12.4 Å². The molecule has 1 aromatic carbocycles. The van der Waals surface area contributed by atoms with Gasteiger partial charge in [0.25, 0.3) is 0 Å². The Balaban J connectivity index is 3.14. The van der Waals surface area contributed by atoms with Gasteiger partial charge in [0.1, 0.15) is 11.4 Å². The van der Waals surface area contributed by atoms with Crippen LogP contribution in [0.5, 0.6) is 0 Å². The Kier molecular flexibility index (Phi) is 5.30. The highest BCUT2D eigenvalue weighted by Crippen LogP contribution is 2.25. The lowest BCUT2D eigenvalue weighted by Gasteiger charge is -2.29.